The van der Waals surface area contributed by atoms with Crippen LogP contribution in [0.15, 0.2) is 24.3 Å². The molecule has 0 bridgehead atoms. The number of nitrogens with one attached hydrogen (secondary N) is 1. The minimum absolute atomic E-state index is 0.335. The maximum absolute atomic E-state index is 5.98. The van der Waals surface area contributed by atoms with Crippen molar-refractivity contribution in [1.82, 2.24) is 10.2 Å². The van der Waals surface area contributed by atoms with Crippen molar-refractivity contribution in [3.8, 4) is 0 Å². The lowest BCUT2D eigenvalue weighted by Crippen LogP contribution is -2.46. The summed E-state index contributed by atoms with van der Waals surface area (Å²) < 4.78 is 5.80. The number of benzene rings is 1. The summed E-state index contributed by atoms with van der Waals surface area (Å²) in [6.45, 7) is 10.6. The summed E-state index contributed by atoms with van der Waals surface area (Å²) in [5.41, 5.74) is 1.32. The van der Waals surface area contributed by atoms with Crippen LogP contribution in [-0.2, 0) is 4.74 Å². The second kappa shape index (κ2) is 8.14. The van der Waals surface area contributed by atoms with E-state index in [1.165, 1.54) is 5.56 Å². The van der Waals surface area contributed by atoms with Gasteiger partial charge in [-0.2, -0.15) is 0 Å². The van der Waals surface area contributed by atoms with E-state index < -0.39 is 0 Å². The zero-order chi connectivity index (χ0) is 15.2. The third-order valence-corrected chi connectivity index (χ3v) is 4.20. The molecule has 1 saturated heterocycles. The highest BCUT2D eigenvalue weighted by molar-refractivity contribution is 6.30. The van der Waals surface area contributed by atoms with Crippen molar-refractivity contribution in [3.05, 3.63) is 34.9 Å². The molecular formula is C17H27ClN2O. The monoisotopic (exact) mass is 310 g/mol. The van der Waals surface area contributed by atoms with Gasteiger partial charge in [0.25, 0.3) is 0 Å². The van der Waals surface area contributed by atoms with Crippen molar-refractivity contribution >= 4 is 11.6 Å². The Balaban J connectivity index is 1.92. The van der Waals surface area contributed by atoms with Gasteiger partial charge in [-0.15, -0.1) is 0 Å². The van der Waals surface area contributed by atoms with Gasteiger partial charge in [-0.1, -0.05) is 30.7 Å². The lowest BCUT2D eigenvalue weighted by atomic mass is 10.0. The van der Waals surface area contributed by atoms with Crippen molar-refractivity contribution < 1.29 is 4.74 Å². The van der Waals surface area contributed by atoms with E-state index in [4.69, 9.17) is 16.3 Å². The zero-order valence-electron chi connectivity index (χ0n) is 13.3. The molecule has 1 heterocycles. The number of rotatable bonds is 6. The minimum Gasteiger partial charge on any atom is -0.373 e. The van der Waals surface area contributed by atoms with E-state index in [-0.39, 0.29) is 0 Å². The van der Waals surface area contributed by atoms with Crippen molar-refractivity contribution in [3.63, 3.8) is 0 Å². The van der Waals surface area contributed by atoms with Crippen molar-refractivity contribution in [2.45, 2.75) is 45.4 Å². The van der Waals surface area contributed by atoms with Crippen molar-refractivity contribution in [2.24, 2.45) is 0 Å². The second-order valence-electron chi connectivity index (χ2n) is 5.97. The number of ether oxygens (including phenoxy) is 1. The largest absolute Gasteiger partial charge is 0.373 e. The topological polar surface area (TPSA) is 24.5 Å². The molecule has 4 heteroatoms. The van der Waals surface area contributed by atoms with E-state index in [2.05, 4.69) is 43.1 Å². The van der Waals surface area contributed by atoms with Crippen molar-refractivity contribution in [1.29, 1.82) is 0 Å². The summed E-state index contributed by atoms with van der Waals surface area (Å²) >= 11 is 5.98. The molecule has 1 aliphatic rings. The molecule has 0 saturated carbocycles. The molecule has 1 N–H and O–H groups in total. The first-order valence-electron chi connectivity index (χ1n) is 7.95. The average molecular weight is 311 g/mol. The van der Waals surface area contributed by atoms with E-state index in [9.17, 15) is 0 Å². The Morgan fingerprint density at radius 3 is 2.43 bits per heavy atom. The molecule has 3 nitrogen and oxygen atoms in total. The predicted molar refractivity (Wildman–Crippen MR) is 88.9 cm³/mol. The number of hydrogen-bond acceptors (Lipinski definition) is 3. The molecule has 2 rings (SSSR count). The average Bonchev–Trinajstić information content (AvgIpc) is 2.43. The van der Waals surface area contributed by atoms with E-state index in [0.29, 0.717) is 18.2 Å². The van der Waals surface area contributed by atoms with Crippen LogP contribution in [0.2, 0.25) is 5.02 Å². The number of hydrogen-bond donors (Lipinski definition) is 1. The van der Waals surface area contributed by atoms with Crippen LogP contribution in [0.4, 0.5) is 0 Å². The highest BCUT2D eigenvalue weighted by Crippen LogP contribution is 2.21. The van der Waals surface area contributed by atoms with Crippen molar-refractivity contribution in [2.75, 3.05) is 26.2 Å². The minimum atomic E-state index is 0.335. The molecule has 1 unspecified atom stereocenters. The first-order valence-corrected chi connectivity index (χ1v) is 8.33. The number of morpholine rings is 1. The van der Waals surface area contributed by atoms with E-state index in [1.807, 2.05) is 12.1 Å². The van der Waals surface area contributed by atoms with Crippen LogP contribution < -0.4 is 5.32 Å². The molecule has 21 heavy (non-hydrogen) atoms. The van der Waals surface area contributed by atoms with Crippen LogP contribution in [0.3, 0.4) is 0 Å². The number of halogens is 1. The Bertz CT molecular complexity index is 413. The van der Waals surface area contributed by atoms with Gasteiger partial charge < -0.3 is 10.1 Å². The van der Waals surface area contributed by atoms with Crippen LogP contribution in [0.25, 0.3) is 0 Å². The zero-order valence-corrected chi connectivity index (χ0v) is 14.1. The third kappa shape index (κ3) is 5.26. The molecule has 118 valence electrons. The molecule has 0 aliphatic carbocycles. The standard InChI is InChI=1S/C17H27ClN2O/c1-4-19-17(15-5-7-16(18)8-6-15)9-10-20-11-13(2)21-14(3)12-20/h5-8,13-14,17,19H,4,9-12H2,1-3H3/t13-,14+,17?. The predicted octanol–water partition coefficient (Wildman–Crippen LogP) is 3.49. The quantitative estimate of drug-likeness (QED) is 0.870. The van der Waals surface area contributed by atoms with Crippen LogP contribution in [0, 0.1) is 0 Å². The molecule has 1 aliphatic heterocycles. The maximum Gasteiger partial charge on any atom is 0.0678 e. The van der Waals surface area contributed by atoms with Gasteiger partial charge in [0.1, 0.15) is 0 Å². The molecule has 0 spiro atoms. The van der Waals surface area contributed by atoms with E-state index in [0.717, 1.165) is 37.6 Å². The van der Waals surface area contributed by atoms with Gasteiger partial charge in [0.15, 0.2) is 0 Å². The Hall–Kier alpha value is -0.610. The fraction of sp³-hybridized carbons (Fsp3) is 0.647. The first-order chi connectivity index (χ1) is 10.1. The highest BCUT2D eigenvalue weighted by atomic mass is 35.5. The van der Waals surface area contributed by atoms with Crippen LogP contribution in [0.5, 0.6) is 0 Å². The maximum atomic E-state index is 5.98. The Morgan fingerprint density at radius 1 is 1.24 bits per heavy atom. The molecule has 0 radical (unpaired) electrons. The van der Waals surface area contributed by atoms with Gasteiger partial charge in [-0.3, -0.25) is 4.90 Å². The molecule has 1 fully saturated rings. The molecule has 0 aromatic heterocycles. The summed E-state index contributed by atoms with van der Waals surface area (Å²) in [5, 5.41) is 4.38. The summed E-state index contributed by atoms with van der Waals surface area (Å²) in [6.07, 6.45) is 1.78. The first kappa shape index (κ1) is 16.8. The Kier molecular flexibility index (Phi) is 6.49. The SMILES string of the molecule is CCNC(CCN1C[C@@H](C)O[C@@H](C)C1)c1ccc(Cl)cc1. The fourth-order valence-electron chi connectivity index (χ4n) is 3.11. The van der Waals surface area contributed by atoms with Crippen LogP contribution >= 0.6 is 11.6 Å². The van der Waals surface area contributed by atoms with Crippen LogP contribution in [0.1, 0.15) is 38.8 Å². The van der Waals surface area contributed by atoms with E-state index >= 15 is 0 Å². The molecule has 1 aromatic carbocycles. The van der Waals surface area contributed by atoms with Gasteiger partial charge in [-0.05, 0) is 44.5 Å². The second-order valence-corrected chi connectivity index (χ2v) is 6.40. The fourth-order valence-corrected chi connectivity index (χ4v) is 3.23. The highest BCUT2D eigenvalue weighted by Gasteiger charge is 2.22. The summed E-state index contributed by atoms with van der Waals surface area (Å²) in [4.78, 5) is 2.51. The molecule has 1 aromatic rings. The normalized spacial score (nSPS) is 25.0. The third-order valence-electron chi connectivity index (χ3n) is 3.95. The smallest absolute Gasteiger partial charge is 0.0678 e. The molecule has 3 atom stereocenters. The van der Waals surface area contributed by atoms with Gasteiger partial charge in [0, 0.05) is 30.7 Å². The van der Waals surface area contributed by atoms with Gasteiger partial charge in [0.05, 0.1) is 12.2 Å². The lowest BCUT2D eigenvalue weighted by Gasteiger charge is -2.36. The summed E-state index contributed by atoms with van der Waals surface area (Å²) in [7, 11) is 0. The van der Waals surface area contributed by atoms with E-state index in [1.54, 1.807) is 0 Å². The van der Waals surface area contributed by atoms with Crippen LogP contribution in [-0.4, -0.2) is 43.3 Å². The Morgan fingerprint density at radius 2 is 1.86 bits per heavy atom. The Labute approximate surface area is 133 Å². The lowest BCUT2D eigenvalue weighted by molar-refractivity contribution is -0.0685. The molecular weight excluding hydrogens is 284 g/mol. The summed E-state index contributed by atoms with van der Waals surface area (Å²) in [6, 6.07) is 8.58. The van der Waals surface area contributed by atoms with Gasteiger partial charge in [-0.25, -0.2) is 0 Å². The van der Waals surface area contributed by atoms with Gasteiger partial charge >= 0.3 is 0 Å². The number of nitrogens with zero attached hydrogens (tertiary/aromatic N) is 1. The van der Waals surface area contributed by atoms with Gasteiger partial charge in [0.2, 0.25) is 0 Å². The molecule has 0 amide bonds. The summed E-state index contributed by atoms with van der Waals surface area (Å²) in [5.74, 6) is 0.